The lowest BCUT2D eigenvalue weighted by atomic mass is 9.95. The van der Waals surface area contributed by atoms with Crippen molar-refractivity contribution in [1.29, 1.82) is 0 Å². The van der Waals surface area contributed by atoms with Crippen LogP contribution in [0.25, 0.3) is 5.76 Å². The van der Waals surface area contributed by atoms with Gasteiger partial charge >= 0.3 is 0 Å². The summed E-state index contributed by atoms with van der Waals surface area (Å²) in [4.78, 5) is 30.3. The zero-order chi connectivity index (χ0) is 26.1. The molecule has 0 radical (unpaired) electrons. The number of halogens is 1. The number of carbonyl (C=O) groups excluding carboxylic acids is 2. The Hall–Kier alpha value is -3.19. The topological polar surface area (TPSA) is 70.1 Å². The molecule has 1 amide bonds. The van der Waals surface area contributed by atoms with Crippen LogP contribution in [-0.4, -0.2) is 59.9 Å². The van der Waals surface area contributed by atoms with Gasteiger partial charge in [-0.1, -0.05) is 38.8 Å². The number of hydrogen-bond donors (Lipinski definition) is 1. The monoisotopic (exact) mass is 496 g/mol. The van der Waals surface area contributed by atoms with Crippen molar-refractivity contribution < 1.29 is 23.8 Å². The highest BCUT2D eigenvalue weighted by molar-refractivity contribution is 6.46. The summed E-state index contributed by atoms with van der Waals surface area (Å²) in [5.41, 5.74) is 1.01. The van der Waals surface area contributed by atoms with Gasteiger partial charge in [-0.05, 0) is 80.9 Å². The van der Waals surface area contributed by atoms with Crippen molar-refractivity contribution in [3.8, 4) is 5.75 Å². The number of nitrogens with zero attached hydrogens (tertiary/aromatic N) is 2. The number of ketones is 1. The number of carbonyl (C=O) groups is 2. The van der Waals surface area contributed by atoms with E-state index in [0.29, 0.717) is 29.8 Å². The molecule has 36 heavy (non-hydrogen) atoms. The van der Waals surface area contributed by atoms with Crippen LogP contribution < -0.4 is 4.74 Å². The zero-order valence-electron chi connectivity index (χ0n) is 21.5. The Morgan fingerprint density at radius 2 is 1.53 bits per heavy atom. The molecule has 2 aromatic carbocycles. The van der Waals surface area contributed by atoms with Crippen molar-refractivity contribution in [3.05, 3.63) is 71.0 Å². The van der Waals surface area contributed by atoms with Gasteiger partial charge in [0.05, 0.1) is 18.7 Å². The summed E-state index contributed by atoms with van der Waals surface area (Å²) >= 11 is 0. The molecule has 1 aliphatic rings. The quantitative estimate of drug-likeness (QED) is 0.224. The van der Waals surface area contributed by atoms with E-state index in [-0.39, 0.29) is 11.3 Å². The van der Waals surface area contributed by atoms with Crippen molar-refractivity contribution in [2.24, 2.45) is 0 Å². The van der Waals surface area contributed by atoms with Crippen LogP contribution in [0.1, 0.15) is 63.1 Å². The Morgan fingerprint density at radius 3 is 2.08 bits per heavy atom. The van der Waals surface area contributed by atoms with Crippen LogP contribution in [0, 0.1) is 5.82 Å². The van der Waals surface area contributed by atoms with E-state index in [1.54, 1.807) is 36.3 Å². The third-order valence-electron chi connectivity index (χ3n) is 6.62. The summed E-state index contributed by atoms with van der Waals surface area (Å²) in [5.74, 6) is -1.46. The number of likely N-dealkylation sites (tertiary alicyclic amines) is 1. The van der Waals surface area contributed by atoms with Gasteiger partial charge in [-0.2, -0.15) is 0 Å². The van der Waals surface area contributed by atoms with Gasteiger partial charge in [0.25, 0.3) is 11.7 Å². The number of benzene rings is 2. The number of Topliss-reactive ketones (excluding diaryl/α,β-unsaturated/α-hetero) is 1. The van der Waals surface area contributed by atoms with E-state index in [0.717, 1.165) is 45.3 Å². The van der Waals surface area contributed by atoms with Gasteiger partial charge in [0.2, 0.25) is 0 Å². The minimum Gasteiger partial charge on any atom is -0.507 e. The van der Waals surface area contributed by atoms with Crippen LogP contribution in [0.2, 0.25) is 0 Å². The molecule has 1 fully saturated rings. The predicted molar refractivity (Wildman–Crippen MR) is 139 cm³/mol. The summed E-state index contributed by atoms with van der Waals surface area (Å²) in [5, 5.41) is 11.1. The van der Waals surface area contributed by atoms with Crippen LogP contribution in [0.15, 0.2) is 54.1 Å². The third kappa shape index (κ3) is 6.52. The summed E-state index contributed by atoms with van der Waals surface area (Å²) in [7, 11) is 1.57. The highest BCUT2D eigenvalue weighted by atomic mass is 19.1. The Bertz CT molecular complexity index is 1040. The van der Waals surface area contributed by atoms with Gasteiger partial charge in [0, 0.05) is 12.1 Å². The molecule has 0 aromatic heterocycles. The first-order chi connectivity index (χ1) is 17.4. The molecule has 1 atom stereocenters. The molecular formula is C29H37FN2O4. The minimum atomic E-state index is -0.735. The van der Waals surface area contributed by atoms with E-state index >= 15 is 0 Å². The number of hydrogen-bond acceptors (Lipinski definition) is 5. The van der Waals surface area contributed by atoms with Gasteiger partial charge in [0.15, 0.2) is 0 Å². The van der Waals surface area contributed by atoms with E-state index in [4.69, 9.17) is 4.74 Å². The number of ether oxygens (including phenoxy) is 1. The highest BCUT2D eigenvalue weighted by Crippen LogP contribution is 2.39. The SMILES string of the molecule is CCCCN(CCCC)CCCN1C(=O)C(=O)C(=C(O)c2ccc(F)cc2)C1c1ccc(OC)cc1. The van der Waals surface area contributed by atoms with E-state index in [9.17, 15) is 19.1 Å². The van der Waals surface area contributed by atoms with Crippen molar-refractivity contribution in [2.45, 2.75) is 52.0 Å². The first kappa shape index (κ1) is 27.4. The van der Waals surface area contributed by atoms with Gasteiger partial charge in [-0.15, -0.1) is 0 Å². The molecule has 1 N–H and O–H groups in total. The Labute approximate surface area is 213 Å². The van der Waals surface area contributed by atoms with E-state index in [1.807, 2.05) is 0 Å². The van der Waals surface area contributed by atoms with Crippen LogP contribution in [0.4, 0.5) is 4.39 Å². The number of methoxy groups -OCH3 is 1. The summed E-state index contributed by atoms with van der Waals surface area (Å²) in [6.45, 7) is 7.59. The van der Waals surface area contributed by atoms with E-state index in [1.165, 1.54) is 24.3 Å². The zero-order valence-corrected chi connectivity index (χ0v) is 21.5. The highest BCUT2D eigenvalue weighted by Gasteiger charge is 2.45. The second kappa shape index (κ2) is 13.2. The van der Waals surface area contributed by atoms with Crippen LogP contribution >= 0.6 is 0 Å². The second-order valence-electron chi connectivity index (χ2n) is 9.17. The largest absolute Gasteiger partial charge is 0.507 e. The molecule has 1 unspecified atom stereocenters. The van der Waals surface area contributed by atoms with Gasteiger partial charge < -0.3 is 19.6 Å². The molecule has 6 nitrogen and oxygen atoms in total. The standard InChI is InChI=1S/C29H37FN2O4/c1-4-6-17-31(18-7-5-2)19-8-20-32-26(21-11-15-24(36-3)16-12-21)25(28(34)29(32)35)27(33)22-9-13-23(30)14-10-22/h9-16,26,33H,4-8,17-20H2,1-3H3. The first-order valence-electron chi connectivity index (χ1n) is 12.8. The molecule has 0 bridgehead atoms. The number of amides is 1. The Balaban J connectivity index is 1.91. The summed E-state index contributed by atoms with van der Waals surface area (Å²) in [6.07, 6.45) is 5.20. The number of aliphatic hydroxyl groups excluding tert-OH is 1. The maximum absolute atomic E-state index is 13.5. The molecule has 1 heterocycles. The van der Waals surface area contributed by atoms with E-state index < -0.39 is 23.5 Å². The van der Waals surface area contributed by atoms with Crippen molar-refractivity contribution in [2.75, 3.05) is 33.3 Å². The summed E-state index contributed by atoms with van der Waals surface area (Å²) < 4.78 is 18.7. The molecule has 194 valence electrons. The number of unbranched alkanes of at least 4 members (excludes halogenated alkanes) is 2. The van der Waals surface area contributed by atoms with Crippen molar-refractivity contribution >= 4 is 17.4 Å². The van der Waals surface area contributed by atoms with Crippen LogP contribution in [0.3, 0.4) is 0 Å². The lowest BCUT2D eigenvalue weighted by molar-refractivity contribution is -0.140. The number of rotatable bonds is 13. The molecule has 0 saturated carbocycles. The first-order valence-corrected chi connectivity index (χ1v) is 12.8. The molecule has 1 saturated heterocycles. The third-order valence-corrected chi connectivity index (χ3v) is 6.62. The molecule has 2 aromatic rings. The predicted octanol–water partition coefficient (Wildman–Crippen LogP) is 5.55. The lowest BCUT2D eigenvalue weighted by Gasteiger charge is -2.27. The van der Waals surface area contributed by atoms with Crippen molar-refractivity contribution in [3.63, 3.8) is 0 Å². The summed E-state index contributed by atoms with van der Waals surface area (Å²) in [6, 6.07) is 11.6. The Morgan fingerprint density at radius 1 is 0.944 bits per heavy atom. The normalized spacial score (nSPS) is 17.2. The lowest BCUT2D eigenvalue weighted by Crippen LogP contribution is -2.34. The molecule has 3 rings (SSSR count). The average molecular weight is 497 g/mol. The van der Waals surface area contributed by atoms with Gasteiger partial charge in [-0.3, -0.25) is 9.59 Å². The van der Waals surface area contributed by atoms with Crippen molar-refractivity contribution in [1.82, 2.24) is 9.80 Å². The van der Waals surface area contributed by atoms with E-state index in [2.05, 4.69) is 18.7 Å². The smallest absolute Gasteiger partial charge is 0.295 e. The average Bonchev–Trinajstić information content (AvgIpc) is 3.15. The van der Waals surface area contributed by atoms with Gasteiger partial charge in [-0.25, -0.2) is 4.39 Å². The minimum absolute atomic E-state index is 0.0191. The maximum Gasteiger partial charge on any atom is 0.295 e. The van der Waals surface area contributed by atoms with Crippen LogP contribution in [-0.2, 0) is 9.59 Å². The molecule has 1 aliphatic heterocycles. The maximum atomic E-state index is 13.5. The molecule has 7 heteroatoms. The second-order valence-corrected chi connectivity index (χ2v) is 9.17. The fourth-order valence-electron chi connectivity index (χ4n) is 4.57. The van der Waals surface area contributed by atoms with Crippen LogP contribution in [0.5, 0.6) is 5.75 Å². The molecule has 0 aliphatic carbocycles. The molecular weight excluding hydrogens is 459 g/mol. The molecule has 0 spiro atoms. The number of aliphatic hydroxyl groups is 1. The fraction of sp³-hybridized carbons (Fsp3) is 0.448. The fourth-order valence-corrected chi connectivity index (χ4v) is 4.57. The Kier molecular flexibility index (Phi) is 10.1. The van der Waals surface area contributed by atoms with Gasteiger partial charge in [0.1, 0.15) is 17.3 Å².